The van der Waals surface area contributed by atoms with Gasteiger partial charge in [-0.2, -0.15) is 5.10 Å². The van der Waals surface area contributed by atoms with E-state index in [1.807, 2.05) is 6.07 Å². The average Bonchev–Trinajstić information content (AvgIpc) is 2.76. The Hall–Kier alpha value is -1.58. The number of hydrogen-bond donors (Lipinski definition) is 2. The molecule has 0 fully saturated rings. The zero-order valence-electron chi connectivity index (χ0n) is 9.55. The van der Waals surface area contributed by atoms with Crippen molar-refractivity contribution in [2.45, 2.75) is 39.0 Å². The molecule has 86 valence electrons. The maximum atomic E-state index is 11.0. The molecule has 0 saturated carbocycles. The molecule has 0 aromatic carbocycles. The van der Waals surface area contributed by atoms with Crippen LogP contribution < -0.4 is 5.43 Å². The first-order valence-electron chi connectivity index (χ1n) is 5.83. The smallest absolute Gasteiger partial charge is 0.240 e. The number of carbonyl (C=O) groups excluding carboxylic acids is 1. The topological polar surface area (TPSA) is 57.2 Å². The second-order valence-electron chi connectivity index (χ2n) is 4.09. The summed E-state index contributed by atoms with van der Waals surface area (Å²) in [5, 5.41) is 4.06. The van der Waals surface area contributed by atoms with Gasteiger partial charge in [0.15, 0.2) is 0 Å². The number of aromatic amines is 1. The Bertz CT molecular complexity index is 406. The number of aromatic nitrogens is 1. The number of amides is 1. The van der Waals surface area contributed by atoms with Gasteiger partial charge in [0.25, 0.3) is 0 Å². The summed E-state index contributed by atoms with van der Waals surface area (Å²) < 4.78 is 0. The highest BCUT2D eigenvalue weighted by atomic mass is 16.2. The van der Waals surface area contributed by atoms with Crippen molar-refractivity contribution in [2.24, 2.45) is 5.10 Å². The van der Waals surface area contributed by atoms with Gasteiger partial charge in [-0.05, 0) is 25.0 Å². The van der Waals surface area contributed by atoms with Crippen molar-refractivity contribution < 1.29 is 4.79 Å². The van der Waals surface area contributed by atoms with Crippen LogP contribution in [0.15, 0.2) is 17.2 Å². The highest BCUT2D eigenvalue weighted by Gasteiger charge is 2.14. The van der Waals surface area contributed by atoms with E-state index in [0.717, 1.165) is 24.2 Å². The van der Waals surface area contributed by atoms with Gasteiger partial charge in [0.2, 0.25) is 5.91 Å². The quantitative estimate of drug-likeness (QED) is 0.799. The van der Waals surface area contributed by atoms with E-state index in [1.54, 1.807) is 0 Å². The van der Waals surface area contributed by atoms with Gasteiger partial charge in [0.1, 0.15) is 0 Å². The molecule has 2 N–H and O–H groups in total. The third kappa shape index (κ3) is 2.51. The van der Waals surface area contributed by atoms with Crippen molar-refractivity contribution in [1.82, 2.24) is 10.4 Å². The van der Waals surface area contributed by atoms with Crippen LogP contribution in [-0.4, -0.2) is 16.6 Å². The largest absolute Gasteiger partial charge is 0.357 e. The van der Waals surface area contributed by atoms with E-state index >= 15 is 0 Å². The number of nitrogens with one attached hydrogen (secondary N) is 2. The normalized spacial score (nSPS) is 15.8. The van der Waals surface area contributed by atoms with Gasteiger partial charge in [-0.15, -0.1) is 0 Å². The summed E-state index contributed by atoms with van der Waals surface area (Å²) >= 11 is 0. The summed E-state index contributed by atoms with van der Waals surface area (Å²) in [6, 6.07) is 4.14. The van der Waals surface area contributed by atoms with Gasteiger partial charge in [0.05, 0.1) is 11.4 Å². The van der Waals surface area contributed by atoms with Crippen molar-refractivity contribution >= 4 is 11.6 Å². The maximum Gasteiger partial charge on any atom is 0.240 e. The molecule has 2 rings (SSSR count). The molecule has 4 heteroatoms. The number of hydrazone groups is 1. The van der Waals surface area contributed by atoms with Crippen LogP contribution in [0.4, 0.5) is 0 Å². The predicted molar refractivity (Wildman–Crippen MR) is 63.3 cm³/mol. The molecule has 0 unspecified atom stereocenters. The van der Waals surface area contributed by atoms with Crippen molar-refractivity contribution in [3.63, 3.8) is 0 Å². The van der Waals surface area contributed by atoms with E-state index in [-0.39, 0.29) is 5.91 Å². The fraction of sp³-hybridized carbons (Fsp3) is 0.500. The minimum atomic E-state index is 0.00140. The number of nitrogens with zero attached hydrogens (tertiary/aromatic N) is 1. The highest BCUT2D eigenvalue weighted by molar-refractivity contribution is 6.02. The molecule has 1 aromatic heterocycles. The lowest BCUT2D eigenvalue weighted by Gasteiger charge is -2.10. The first-order chi connectivity index (χ1) is 7.79. The first-order valence-corrected chi connectivity index (χ1v) is 5.83. The first kappa shape index (κ1) is 10.9. The van der Waals surface area contributed by atoms with E-state index in [4.69, 9.17) is 0 Å². The van der Waals surface area contributed by atoms with Crippen LogP contribution in [0.3, 0.4) is 0 Å². The van der Waals surface area contributed by atoms with E-state index < -0.39 is 0 Å². The standard InChI is InChI=1S/C12H17N3O/c1-2-3-4-9-5-6-10(13-9)11-7-8-12(16)15-14-11/h5-6,13H,2-4,7-8H2,1H3,(H,15,16). The van der Waals surface area contributed by atoms with E-state index in [9.17, 15) is 4.79 Å². The van der Waals surface area contributed by atoms with Gasteiger partial charge in [0, 0.05) is 18.5 Å². The molecule has 16 heavy (non-hydrogen) atoms. The molecule has 1 aromatic rings. The summed E-state index contributed by atoms with van der Waals surface area (Å²) in [7, 11) is 0. The number of carbonyl (C=O) groups is 1. The lowest BCUT2D eigenvalue weighted by molar-refractivity contribution is -0.121. The van der Waals surface area contributed by atoms with Gasteiger partial charge in [-0.25, -0.2) is 5.43 Å². The predicted octanol–water partition coefficient (Wildman–Crippen LogP) is 1.97. The fourth-order valence-electron chi connectivity index (χ4n) is 1.79. The van der Waals surface area contributed by atoms with Gasteiger partial charge >= 0.3 is 0 Å². The lowest BCUT2D eigenvalue weighted by atomic mass is 10.1. The summed E-state index contributed by atoms with van der Waals surface area (Å²) in [4.78, 5) is 14.3. The molecular formula is C12H17N3O. The van der Waals surface area contributed by atoms with Crippen LogP contribution in [0.25, 0.3) is 0 Å². The van der Waals surface area contributed by atoms with E-state index in [2.05, 4.69) is 28.5 Å². The minimum absolute atomic E-state index is 0.00140. The molecular weight excluding hydrogens is 202 g/mol. The Morgan fingerprint density at radius 2 is 2.25 bits per heavy atom. The SMILES string of the molecule is CCCCc1ccc(C2=NNC(=O)CC2)[nH]1. The van der Waals surface area contributed by atoms with Crippen molar-refractivity contribution in [3.05, 3.63) is 23.5 Å². The van der Waals surface area contributed by atoms with Gasteiger partial charge in [-0.3, -0.25) is 4.79 Å². The van der Waals surface area contributed by atoms with Crippen LogP contribution in [-0.2, 0) is 11.2 Å². The fourth-order valence-corrected chi connectivity index (χ4v) is 1.79. The Balaban J connectivity index is 2.04. The van der Waals surface area contributed by atoms with Crippen molar-refractivity contribution in [2.75, 3.05) is 0 Å². The third-order valence-corrected chi connectivity index (χ3v) is 2.76. The average molecular weight is 219 g/mol. The molecule has 0 aliphatic carbocycles. The molecule has 2 heterocycles. The lowest BCUT2D eigenvalue weighted by Crippen LogP contribution is -2.26. The second kappa shape index (κ2) is 4.96. The number of aryl methyl sites for hydroxylation is 1. The Labute approximate surface area is 95.1 Å². The molecule has 0 spiro atoms. The Kier molecular flexibility index (Phi) is 3.39. The molecule has 1 aliphatic rings. The van der Waals surface area contributed by atoms with Gasteiger partial charge < -0.3 is 4.98 Å². The van der Waals surface area contributed by atoms with Crippen molar-refractivity contribution in [3.8, 4) is 0 Å². The van der Waals surface area contributed by atoms with E-state index in [0.29, 0.717) is 6.42 Å². The molecule has 4 nitrogen and oxygen atoms in total. The monoisotopic (exact) mass is 219 g/mol. The molecule has 0 radical (unpaired) electrons. The number of rotatable bonds is 4. The number of unbranched alkanes of at least 4 members (excludes halogenated alkanes) is 1. The van der Waals surface area contributed by atoms with Crippen molar-refractivity contribution in [1.29, 1.82) is 0 Å². The Morgan fingerprint density at radius 1 is 1.38 bits per heavy atom. The van der Waals surface area contributed by atoms with Crippen LogP contribution in [0, 0.1) is 0 Å². The summed E-state index contributed by atoms with van der Waals surface area (Å²) in [6.45, 7) is 2.19. The summed E-state index contributed by atoms with van der Waals surface area (Å²) in [5.74, 6) is 0.00140. The summed E-state index contributed by atoms with van der Waals surface area (Å²) in [6.07, 6.45) is 4.73. The van der Waals surface area contributed by atoms with Crippen LogP contribution in [0.1, 0.15) is 44.0 Å². The number of hydrogen-bond acceptors (Lipinski definition) is 2. The van der Waals surface area contributed by atoms with Crippen LogP contribution in [0.2, 0.25) is 0 Å². The molecule has 0 saturated heterocycles. The molecule has 1 aliphatic heterocycles. The van der Waals surface area contributed by atoms with Crippen LogP contribution >= 0.6 is 0 Å². The zero-order chi connectivity index (χ0) is 11.4. The third-order valence-electron chi connectivity index (χ3n) is 2.76. The van der Waals surface area contributed by atoms with Gasteiger partial charge in [-0.1, -0.05) is 13.3 Å². The highest BCUT2D eigenvalue weighted by Crippen LogP contribution is 2.11. The maximum absolute atomic E-state index is 11.0. The van der Waals surface area contributed by atoms with E-state index in [1.165, 1.54) is 18.5 Å². The van der Waals surface area contributed by atoms with Crippen LogP contribution in [0.5, 0.6) is 0 Å². The summed E-state index contributed by atoms with van der Waals surface area (Å²) in [5.41, 5.74) is 5.74. The minimum Gasteiger partial charge on any atom is -0.357 e. The second-order valence-corrected chi connectivity index (χ2v) is 4.09. The number of H-pyrrole nitrogens is 1. The molecule has 0 atom stereocenters. The zero-order valence-corrected chi connectivity index (χ0v) is 9.55. The Morgan fingerprint density at radius 3 is 2.94 bits per heavy atom. The molecule has 1 amide bonds. The molecule has 0 bridgehead atoms.